The van der Waals surface area contributed by atoms with Gasteiger partial charge in [0.05, 0.1) is 41.2 Å². The molecule has 2 aliphatic rings. The lowest BCUT2D eigenvalue weighted by atomic mass is 9.96. The van der Waals surface area contributed by atoms with Gasteiger partial charge in [-0.3, -0.25) is 9.78 Å². The number of alkyl halides is 4. The lowest BCUT2D eigenvalue weighted by molar-refractivity contribution is -0.121. The van der Waals surface area contributed by atoms with Crippen molar-refractivity contribution >= 4 is 32.7 Å². The van der Waals surface area contributed by atoms with Crippen molar-refractivity contribution in [3.63, 3.8) is 0 Å². The average Bonchev–Trinajstić information content (AvgIpc) is 2.96. The van der Waals surface area contributed by atoms with Crippen LogP contribution in [0.25, 0.3) is 22.3 Å². The molecular formula is C28H32F4N6O4S. The molecule has 0 aliphatic carbocycles. The number of pyridine rings is 3. The van der Waals surface area contributed by atoms with E-state index in [1.165, 1.54) is 0 Å². The number of hydrogen-bond donors (Lipinski definition) is 1. The van der Waals surface area contributed by atoms with Crippen molar-refractivity contribution in [1.29, 1.82) is 0 Å². The van der Waals surface area contributed by atoms with E-state index < -0.39 is 53.2 Å². The molecule has 2 saturated heterocycles. The van der Waals surface area contributed by atoms with Crippen molar-refractivity contribution in [3.05, 3.63) is 48.3 Å². The lowest BCUT2D eigenvalue weighted by Gasteiger charge is -2.36. The number of piperidine rings is 1. The second-order valence-corrected chi connectivity index (χ2v) is 12.9. The van der Waals surface area contributed by atoms with Crippen molar-refractivity contribution in [2.45, 2.75) is 57.1 Å². The fourth-order valence-electron chi connectivity index (χ4n) is 5.55. The summed E-state index contributed by atoms with van der Waals surface area (Å²) < 4.78 is 83.1. The fraction of sp³-hybridized carbons (Fsp3) is 0.500. The van der Waals surface area contributed by atoms with Crippen LogP contribution in [0.15, 0.2) is 42.6 Å². The monoisotopic (exact) mass is 624 g/mol. The molecule has 1 amide bonds. The van der Waals surface area contributed by atoms with Gasteiger partial charge in [0, 0.05) is 49.7 Å². The van der Waals surface area contributed by atoms with Gasteiger partial charge in [0.1, 0.15) is 5.82 Å². The minimum Gasteiger partial charge on any atom is -0.372 e. The molecule has 5 rings (SSSR count). The van der Waals surface area contributed by atoms with Crippen molar-refractivity contribution in [2.75, 3.05) is 31.1 Å². The van der Waals surface area contributed by atoms with Gasteiger partial charge >= 0.3 is 5.76 Å². The largest absolute Gasteiger partial charge is 0.372 e. The molecule has 232 valence electrons. The number of fused-ring (bicyclic) bond motifs is 1. The Morgan fingerprint density at radius 1 is 1.02 bits per heavy atom. The van der Waals surface area contributed by atoms with E-state index in [-0.39, 0.29) is 25.0 Å². The van der Waals surface area contributed by atoms with E-state index in [0.29, 0.717) is 40.0 Å². The number of morpholine rings is 1. The van der Waals surface area contributed by atoms with Gasteiger partial charge in [0.2, 0.25) is 12.3 Å². The Kier molecular flexibility index (Phi) is 9.13. The van der Waals surface area contributed by atoms with E-state index in [1.54, 1.807) is 12.3 Å². The first-order valence-electron chi connectivity index (χ1n) is 13.9. The number of amides is 1. The van der Waals surface area contributed by atoms with Crippen molar-refractivity contribution in [3.8, 4) is 11.4 Å². The maximum Gasteiger partial charge on any atom is 0.350 e. The van der Waals surface area contributed by atoms with Gasteiger partial charge in [-0.2, -0.15) is 13.1 Å². The van der Waals surface area contributed by atoms with Crippen molar-refractivity contribution in [2.24, 2.45) is 5.92 Å². The topological polar surface area (TPSA) is 118 Å². The molecule has 0 saturated carbocycles. The number of hydrogen-bond acceptors (Lipinski definition) is 8. The summed E-state index contributed by atoms with van der Waals surface area (Å²) in [5.74, 6) is -5.04. The highest BCUT2D eigenvalue weighted by molar-refractivity contribution is 7.89. The molecule has 1 N–H and O–H groups in total. The highest BCUT2D eigenvalue weighted by Gasteiger charge is 2.41. The Morgan fingerprint density at radius 2 is 1.74 bits per heavy atom. The normalized spacial score (nSPS) is 23.7. The summed E-state index contributed by atoms with van der Waals surface area (Å²) in [6.07, 6.45) is -1.73. The van der Waals surface area contributed by atoms with Crippen LogP contribution in [-0.2, 0) is 26.0 Å². The van der Waals surface area contributed by atoms with Crippen LogP contribution in [0.5, 0.6) is 0 Å². The van der Waals surface area contributed by atoms with Crippen LogP contribution < -0.4 is 10.2 Å². The number of anilines is 1. The predicted octanol–water partition coefficient (Wildman–Crippen LogP) is 3.47. The van der Waals surface area contributed by atoms with Gasteiger partial charge in [-0.1, -0.05) is 6.07 Å². The zero-order valence-corrected chi connectivity index (χ0v) is 24.4. The molecule has 15 heteroatoms. The molecule has 43 heavy (non-hydrogen) atoms. The number of rotatable bonds is 8. The van der Waals surface area contributed by atoms with E-state index in [0.717, 1.165) is 11.2 Å². The van der Waals surface area contributed by atoms with Gasteiger partial charge < -0.3 is 15.0 Å². The van der Waals surface area contributed by atoms with Crippen LogP contribution in [0, 0.1) is 5.92 Å². The maximum atomic E-state index is 13.4. The molecule has 4 atom stereocenters. The standard InChI is InChI=1S/C28H32F4N6O4S/c1-16-12-37(13-17(2)42-16)25-5-3-4-22(36-25)23-7-6-18-11-33-20(9-24(18)35-23)10-26(39)34-21-8-19(27(29)30)14-38(15-21)43(40,41)28(31)32/h3-7,9,11,16-17,19,21,27-28H,8,10,12-15H2,1-2H3,(H,34,39)/t16-,17+,19-,21-/m1/s1. The molecule has 0 unspecified atom stereocenters. The SMILES string of the molecule is C[C@@H]1CN(c2cccc(-c3ccc4cnc(CC(=O)N[C@@H]5C[C@@H](C(F)F)CN(S(=O)(=O)C(F)F)C5)cc4n3)n2)C[C@H](C)O1. The number of nitrogens with one attached hydrogen (secondary N) is 1. The second kappa shape index (κ2) is 12.7. The van der Waals surface area contributed by atoms with E-state index in [9.17, 15) is 30.8 Å². The summed E-state index contributed by atoms with van der Waals surface area (Å²) in [4.78, 5) is 28.8. The van der Waals surface area contributed by atoms with Crippen molar-refractivity contribution < 1.29 is 35.5 Å². The summed E-state index contributed by atoms with van der Waals surface area (Å²) in [7, 11) is -5.08. The lowest BCUT2D eigenvalue weighted by Crippen LogP contribution is -2.54. The van der Waals surface area contributed by atoms with E-state index >= 15 is 0 Å². The third-order valence-electron chi connectivity index (χ3n) is 7.47. The minimum atomic E-state index is -5.08. The Hall–Kier alpha value is -3.43. The zero-order chi connectivity index (χ0) is 30.9. The van der Waals surface area contributed by atoms with E-state index in [4.69, 9.17) is 14.7 Å². The number of nitrogens with zero attached hydrogens (tertiary/aromatic N) is 5. The number of carbonyl (C=O) groups is 1. The molecule has 10 nitrogen and oxygen atoms in total. The first-order valence-corrected chi connectivity index (χ1v) is 15.4. The second-order valence-electron chi connectivity index (χ2n) is 11.0. The quantitative estimate of drug-likeness (QED) is 0.379. The highest BCUT2D eigenvalue weighted by Crippen LogP contribution is 2.28. The molecule has 0 spiro atoms. The number of halogens is 4. The number of ether oxygens (including phenoxy) is 1. The molecule has 2 fully saturated rings. The summed E-state index contributed by atoms with van der Waals surface area (Å²) in [6, 6.07) is 9.94. The molecular weight excluding hydrogens is 592 g/mol. The van der Waals surface area contributed by atoms with E-state index in [1.807, 2.05) is 44.2 Å². The van der Waals surface area contributed by atoms with Gasteiger partial charge in [-0.15, -0.1) is 0 Å². The third kappa shape index (κ3) is 7.21. The van der Waals surface area contributed by atoms with Crippen LogP contribution in [0.1, 0.15) is 26.0 Å². The third-order valence-corrected chi connectivity index (χ3v) is 8.94. The van der Waals surface area contributed by atoms with Gasteiger partial charge in [0.25, 0.3) is 10.0 Å². The molecule has 0 bridgehead atoms. The Bertz CT molecular complexity index is 1570. The minimum absolute atomic E-state index is 0.0737. The molecule has 2 aliphatic heterocycles. The number of aromatic nitrogens is 3. The Balaban J connectivity index is 1.30. The van der Waals surface area contributed by atoms with E-state index in [2.05, 4.69) is 15.2 Å². The number of carbonyl (C=O) groups excluding carboxylic acids is 1. The van der Waals surface area contributed by atoms with Crippen LogP contribution in [0.2, 0.25) is 0 Å². The van der Waals surface area contributed by atoms with Crippen LogP contribution in [0.4, 0.5) is 23.4 Å². The summed E-state index contributed by atoms with van der Waals surface area (Å²) in [6.45, 7) is 4.21. The van der Waals surface area contributed by atoms with Crippen molar-refractivity contribution in [1.82, 2.24) is 24.6 Å². The first-order chi connectivity index (χ1) is 20.4. The zero-order valence-electron chi connectivity index (χ0n) is 23.5. The first kappa shape index (κ1) is 31.0. The molecule has 3 aromatic heterocycles. The summed E-state index contributed by atoms with van der Waals surface area (Å²) >= 11 is 0. The smallest absolute Gasteiger partial charge is 0.350 e. The van der Waals surface area contributed by atoms with Gasteiger partial charge in [0.15, 0.2) is 0 Å². The maximum absolute atomic E-state index is 13.4. The summed E-state index contributed by atoms with van der Waals surface area (Å²) in [5, 5.41) is 3.24. The fourth-order valence-corrected chi connectivity index (χ4v) is 6.56. The van der Waals surface area contributed by atoms with Gasteiger partial charge in [-0.25, -0.2) is 27.2 Å². The predicted molar refractivity (Wildman–Crippen MR) is 151 cm³/mol. The van der Waals surface area contributed by atoms with Crippen LogP contribution in [0.3, 0.4) is 0 Å². The van der Waals surface area contributed by atoms with Crippen LogP contribution >= 0.6 is 0 Å². The molecule has 3 aromatic rings. The van der Waals surface area contributed by atoms with Crippen LogP contribution in [-0.4, -0.2) is 90.2 Å². The Labute approximate surface area is 246 Å². The average molecular weight is 625 g/mol. The molecule has 0 aromatic carbocycles. The van der Waals surface area contributed by atoms with Gasteiger partial charge in [-0.05, 0) is 50.6 Å². The molecule has 0 radical (unpaired) electrons. The summed E-state index contributed by atoms with van der Waals surface area (Å²) in [5.41, 5.74) is 2.18. The molecule has 5 heterocycles. The number of sulfonamides is 1. The highest BCUT2D eigenvalue weighted by atomic mass is 32.2. The Morgan fingerprint density at radius 3 is 2.44 bits per heavy atom.